The Morgan fingerprint density at radius 3 is 2.10 bits per heavy atom. The number of piperidine rings is 3. The average molecular weight is 382 g/mol. The molecule has 4 heterocycles. The zero-order valence-electron chi connectivity index (χ0n) is 16.6. The summed E-state index contributed by atoms with van der Waals surface area (Å²) in [6.45, 7) is 2.37. The predicted octanol–water partition coefficient (Wildman–Crippen LogP) is 4.80. The lowest BCUT2D eigenvalue weighted by Gasteiger charge is -2.52. The normalized spacial score (nSPS) is 26.2. The first kappa shape index (κ1) is 18.3. The van der Waals surface area contributed by atoms with E-state index in [0.29, 0.717) is 23.9 Å². The molecule has 0 unspecified atom stereocenters. The van der Waals surface area contributed by atoms with Crippen molar-refractivity contribution in [2.75, 3.05) is 13.1 Å². The van der Waals surface area contributed by atoms with Crippen LogP contribution in [0.2, 0.25) is 0 Å². The van der Waals surface area contributed by atoms with Gasteiger partial charge in [-0.15, -0.1) is 0 Å². The Hall–Kier alpha value is -2.78. The van der Waals surface area contributed by atoms with Gasteiger partial charge < -0.3 is 0 Å². The lowest BCUT2D eigenvalue weighted by molar-refractivity contribution is 0.0215. The number of nitrogens with zero attached hydrogens (tertiary/aromatic N) is 3. The van der Waals surface area contributed by atoms with E-state index in [-0.39, 0.29) is 0 Å². The first-order valence-electron chi connectivity index (χ1n) is 10.7. The van der Waals surface area contributed by atoms with Crippen molar-refractivity contribution < 1.29 is 0 Å². The number of benzene rings is 2. The molecule has 0 N–H and O–H groups in total. The molecule has 1 aromatic heterocycles. The molecule has 3 aliphatic heterocycles. The largest absolute Gasteiger partial charge is 0.297 e. The second-order valence-corrected chi connectivity index (χ2v) is 8.22. The summed E-state index contributed by atoms with van der Waals surface area (Å²) in [4.78, 5) is 12.1. The molecule has 3 nitrogen and oxygen atoms in total. The highest BCUT2D eigenvalue weighted by molar-refractivity contribution is 5.79. The Kier molecular flexibility index (Phi) is 5.23. The molecule has 3 heteroatoms. The van der Waals surface area contributed by atoms with E-state index < -0.39 is 0 Å². The van der Waals surface area contributed by atoms with Gasteiger partial charge >= 0.3 is 0 Å². The highest BCUT2D eigenvalue weighted by Gasteiger charge is 2.46. The van der Waals surface area contributed by atoms with Crippen LogP contribution in [0.1, 0.15) is 35.4 Å². The summed E-state index contributed by atoms with van der Waals surface area (Å²) in [5.74, 6) is 0.990. The van der Waals surface area contributed by atoms with Crippen LogP contribution >= 0.6 is 0 Å². The van der Waals surface area contributed by atoms with Gasteiger partial charge in [0, 0.05) is 36.1 Å². The van der Waals surface area contributed by atoms with Gasteiger partial charge in [0.15, 0.2) is 0 Å². The van der Waals surface area contributed by atoms with Gasteiger partial charge in [-0.2, -0.15) is 0 Å². The van der Waals surface area contributed by atoms with Gasteiger partial charge in [0.1, 0.15) is 0 Å². The average Bonchev–Trinajstić information content (AvgIpc) is 2.81. The van der Waals surface area contributed by atoms with Crippen molar-refractivity contribution in [3.63, 3.8) is 0 Å². The number of rotatable bonds is 5. The molecular formula is C26H27N3. The molecule has 6 rings (SSSR count). The number of fused-ring (bicyclic) bond motifs is 3. The Bertz CT molecular complexity index is 892. The van der Waals surface area contributed by atoms with Crippen LogP contribution in [0.3, 0.4) is 0 Å². The summed E-state index contributed by atoms with van der Waals surface area (Å²) in [7, 11) is 0. The van der Waals surface area contributed by atoms with Crippen LogP contribution < -0.4 is 0 Å². The van der Waals surface area contributed by atoms with Crippen LogP contribution in [-0.2, 0) is 0 Å². The maximum Gasteiger partial charge on any atom is 0.0693 e. The fourth-order valence-electron chi connectivity index (χ4n) is 5.20. The minimum absolute atomic E-state index is 0.308. The third kappa shape index (κ3) is 3.75. The van der Waals surface area contributed by atoms with Gasteiger partial charge in [0.25, 0.3) is 0 Å². The van der Waals surface area contributed by atoms with E-state index in [0.717, 1.165) is 5.56 Å². The summed E-state index contributed by atoms with van der Waals surface area (Å²) >= 11 is 0. The van der Waals surface area contributed by atoms with Crippen LogP contribution in [0.4, 0.5) is 0 Å². The lowest BCUT2D eigenvalue weighted by Crippen LogP contribution is -2.59. The molecule has 3 aromatic rings. The molecular weight excluding hydrogens is 354 g/mol. The summed E-state index contributed by atoms with van der Waals surface area (Å²) in [5, 5.41) is 0. The molecule has 3 aliphatic rings. The van der Waals surface area contributed by atoms with Crippen molar-refractivity contribution in [1.29, 1.82) is 0 Å². The van der Waals surface area contributed by atoms with Gasteiger partial charge in [-0.1, -0.05) is 66.7 Å². The molecule has 2 bridgehead atoms. The maximum atomic E-state index is 5.18. The summed E-state index contributed by atoms with van der Waals surface area (Å²) in [5.41, 5.74) is 3.86. The van der Waals surface area contributed by atoms with Gasteiger partial charge in [-0.25, -0.2) is 0 Å². The van der Waals surface area contributed by atoms with E-state index in [4.69, 9.17) is 4.99 Å². The second-order valence-electron chi connectivity index (χ2n) is 8.22. The van der Waals surface area contributed by atoms with Crippen molar-refractivity contribution in [3.05, 3.63) is 102 Å². The monoisotopic (exact) mass is 381 g/mol. The van der Waals surface area contributed by atoms with Crippen molar-refractivity contribution in [1.82, 2.24) is 9.88 Å². The molecule has 3 fully saturated rings. The molecule has 0 amide bonds. The van der Waals surface area contributed by atoms with E-state index in [1.54, 1.807) is 0 Å². The van der Waals surface area contributed by atoms with E-state index in [9.17, 15) is 0 Å². The lowest BCUT2D eigenvalue weighted by atomic mass is 9.71. The Morgan fingerprint density at radius 2 is 1.52 bits per heavy atom. The van der Waals surface area contributed by atoms with E-state index in [1.165, 1.54) is 37.1 Å². The van der Waals surface area contributed by atoms with Crippen molar-refractivity contribution in [3.8, 4) is 0 Å². The summed E-state index contributed by atoms with van der Waals surface area (Å²) < 4.78 is 0. The van der Waals surface area contributed by atoms with Gasteiger partial charge in [-0.3, -0.25) is 14.9 Å². The van der Waals surface area contributed by atoms with Crippen molar-refractivity contribution in [2.45, 2.75) is 30.8 Å². The topological polar surface area (TPSA) is 28.5 Å². The SMILES string of the molecule is C(=N\[C@@H]1C2CCN(CC2)[C@H]1C(c1ccccc1)c1ccccc1)/c1cccnc1. The molecule has 3 saturated heterocycles. The fourth-order valence-corrected chi connectivity index (χ4v) is 5.20. The third-order valence-corrected chi connectivity index (χ3v) is 6.57. The quantitative estimate of drug-likeness (QED) is 0.594. The van der Waals surface area contributed by atoms with Gasteiger partial charge in [0.05, 0.1) is 6.04 Å². The highest BCUT2D eigenvalue weighted by Crippen LogP contribution is 2.43. The number of hydrogen-bond donors (Lipinski definition) is 0. The number of pyridine rings is 1. The predicted molar refractivity (Wildman–Crippen MR) is 118 cm³/mol. The minimum Gasteiger partial charge on any atom is -0.297 e. The number of aliphatic imine (C=N–C) groups is 1. The zero-order chi connectivity index (χ0) is 19.5. The fraction of sp³-hybridized carbons (Fsp3) is 0.308. The Morgan fingerprint density at radius 1 is 0.862 bits per heavy atom. The standard InChI is InChI=1S/C26H27N3/c1-3-9-21(10-4-1)24(22-11-5-2-6-12-22)26-25(23-13-16-29(26)17-14-23)28-19-20-8-7-15-27-18-20/h1-12,15,18-19,23-26H,13-14,16-17H2/b28-19+/t25-,26+/m1/s1. The highest BCUT2D eigenvalue weighted by atomic mass is 15.2. The number of hydrogen-bond acceptors (Lipinski definition) is 3. The van der Waals surface area contributed by atoms with E-state index in [2.05, 4.69) is 76.6 Å². The van der Waals surface area contributed by atoms with Crippen LogP contribution in [-0.4, -0.2) is 41.3 Å². The minimum atomic E-state index is 0.308. The summed E-state index contributed by atoms with van der Waals surface area (Å²) in [6, 6.07) is 26.7. The third-order valence-electron chi connectivity index (χ3n) is 6.57. The van der Waals surface area contributed by atoms with Gasteiger partial charge in [0.2, 0.25) is 0 Å². The molecule has 0 saturated carbocycles. The van der Waals surface area contributed by atoms with E-state index >= 15 is 0 Å². The van der Waals surface area contributed by atoms with Crippen molar-refractivity contribution in [2.24, 2.45) is 10.9 Å². The van der Waals surface area contributed by atoms with Crippen LogP contribution in [0.15, 0.2) is 90.2 Å². The molecule has 0 radical (unpaired) electrons. The molecule has 146 valence electrons. The maximum absolute atomic E-state index is 5.18. The Labute approximate surface area is 173 Å². The van der Waals surface area contributed by atoms with Crippen LogP contribution in [0.5, 0.6) is 0 Å². The number of aromatic nitrogens is 1. The first-order chi connectivity index (χ1) is 14.4. The van der Waals surface area contributed by atoms with Crippen molar-refractivity contribution >= 4 is 6.21 Å². The molecule has 2 atom stereocenters. The second kappa shape index (κ2) is 8.30. The summed E-state index contributed by atoms with van der Waals surface area (Å²) in [6.07, 6.45) is 8.25. The van der Waals surface area contributed by atoms with Crippen LogP contribution in [0.25, 0.3) is 0 Å². The molecule has 2 aromatic carbocycles. The zero-order valence-corrected chi connectivity index (χ0v) is 16.6. The van der Waals surface area contributed by atoms with Crippen LogP contribution in [0, 0.1) is 5.92 Å². The molecule has 0 aliphatic carbocycles. The first-order valence-corrected chi connectivity index (χ1v) is 10.7. The molecule has 0 spiro atoms. The molecule has 29 heavy (non-hydrogen) atoms. The van der Waals surface area contributed by atoms with Gasteiger partial charge in [-0.05, 0) is 49.0 Å². The Balaban J connectivity index is 1.56. The smallest absolute Gasteiger partial charge is 0.0693 e. The van der Waals surface area contributed by atoms with E-state index in [1.807, 2.05) is 24.7 Å².